The van der Waals surface area contributed by atoms with Gasteiger partial charge in [0.05, 0.1) is 0 Å². The van der Waals surface area contributed by atoms with E-state index >= 15 is 0 Å². The van der Waals surface area contributed by atoms with Crippen LogP contribution in [0.25, 0.3) is 0 Å². The summed E-state index contributed by atoms with van der Waals surface area (Å²) in [7, 11) is 0. The Kier molecular flexibility index (Phi) is 2.09. The van der Waals surface area contributed by atoms with Crippen molar-refractivity contribution < 1.29 is 4.79 Å². The van der Waals surface area contributed by atoms with Gasteiger partial charge in [0.15, 0.2) is 0 Å². The van der Waals surface area contributed by atoms with Gasteiger partial charge in [-0.1, -0.05) is 0 Å². The first-order chi connectivity index (χ1) is 6.86. The monoisotopic (exact) mass is 191 g/mol. The van der Waals surface area contributed by atoms with E-state index in [0.717, 1.165) is 0 Å². The lowest BCUT2D eigenvalue weighted by molar-refractivity contribution is 0.101. The van der Waals surface area contributed by atoms with Crippen molar-refractivity contribution >= 4 is 11.9 Å². The molecule has 0 saturated carbocycles. The molecule has 0 aromatic carbocycles. The van der Waals surface area contributed by atoms with Crippen LogP contribution in [0.4, 0.5) is 5.95 Å². The molecule has 0 aliphatic rings. The highest BCUT2D eigenvalue weighted by Gasteiger charge is 2.11. The molecule has 8 nitrogen and oxygen atoms in total. The van der Waals surface area contributed by atoms with Gasteiger partial charge in [0.2, 0.25) is 5.95 Å². The molecule has 0 radical (unpaired) electrons. The number of aromatic nitrogens is 6. The normalized spacial score (nSPS) is 9.71. The number of carbonyl (C=O) groups is 1. The Morgan fingerprint density at radius 1 is 1.36 bits per heavy atom. The number of tetrazole rings is 1. The molecule has 0 aliphatic carbocycles. The number of hydrogen-bond acceptors (Lipinski definition) is 6. The van der Waals surface area contributed by atoms with Crippen LogP contribution in [-0.4, -0.2) is 36.5 Å². The van der Waals surface area contributed by atoms with Gasteiger partial charge in [-0.2, -0.15) is 5.21 Å². The number of aromatic amines is 1. The predicted octanol–water partition coefficient (Wildman–Crippen LogP) is -0.758. The third kappa shape index (κ3) is 1.68. The van der Waals surface area contributed by atoms with Gasteiger partial charge in [-0.3, -0.25) is 10.1 Å². The zero-order chi connectivity index (χ0) is 9.80. The van der Waals surface area contributed by atoms with Crippen LogP contribution in [0.15, 0.2) is 18.5 Å². The second-order valence-electron chi connectivity index (χ2n) is 2.26. The molecule has 0 unspecified atom stereocenters. The summed E-state index contributed by atoms with van der Waals surface area (Å²) in [5, 5.41) is 14.8. The van der Waals surface area contributed by atoms with Crippen molar-refractivity contribution in [2.75, 3.05) is 5.32 Å². The molecule has 2 aromatic rings. The second-order valence-corrected chi connectivity index (χ2v) is 2.26. The molecule has 0 aliphatic heterocycles. The summed E-state index contributed by atoms with van der Waals surface area (Å²) >= 11 is 0. The lowest BCUT2D eigenvalue weighted by Crippen LogP contribution is -2.15. The minimum Gasteiger partial charge on any atom is -0.288 e. The van der Waals surface area contributed by atoms with Gasteiger partial charge >= 0.3 is 0 Å². The second kappa shape index (κ2) is 3.56. The number of rotatable bonds is 2. The average Bonchev–Trinajstić information content (AvgIpc) is 2.72. The van der Waals surface area contributed by atoms with Gasteiger partial charge in [-0.25, -0.2) is 9.97 Å². The van der Waals surface area contributed by atoms with Crippen LogP contribution in [0, 0.1) is 0 Å². The molecular formula is C6H5N7O. The predicted molar refractivity (Wildman–Crippen MR) is 44.2 cm³/mol. The number of carbonyl (C=O) groups excluding carboxylic acids is 1. The molecule has 2 N–H and O–H groups in total. The molecule has 2 aromatic heterocycles. The number of anilines is 1. The van der Waals surface area contributed by atoms with Crippen molar-refractivity contribution in [1.82, 2.24) is 30.6 Å². The summed E-state index contributed by atoms with van der Waals surface area (Å²) in [6.07, 6.45) is 3.03. The van der Waals surface area contributed by atoms with Crippen LogP contribution in [0.5, 0.6) is 0 Å². The van der Waals surface area contributed by atoms with E-state index in [1.54, 1.807) is 6.07 Å². The summed E-state index contributed by atoms with van der Waals surface area (Å²) in [4.78, 5) is 18.9. The lowest BCUT2D eigenvalue weighted by Gasteiger charge is -1.97. The smallest absolute Gasteiger partial charge is 0.288 e. The number of H-pyrrole nitrogens is 1. The number of amides is 1. The summed E-state index contributed by atoms with van der Waals surface area (Å²) in [6.45, 7) is 0. The Morgan fingerprint density at radius 2 is 2.14 bits per heavy atom. The molecule has 0 fully saturated rings. The number of hydrogen-bond donors (Lipinski definition) is 2. The zero-order valence-corrected chi connectivity index (χ0v) is 6.88. The lowest BCUT2D eigenvalue weighted by atomic mass is 10.5. The van der Waals surface area contributed by atoms with Crippen LogP contribution in [0.1, 0.15) is 10.6 Å². The molecule has 70 valence electrons. The average molecular weight is 191 g/mol. The molecule has 0 spiro atoms. The van der Waals surface area contributed by atoms with Crippen molar-refractivity contribution in [2.24, 2.45) is 0 Å². The Bertz CT molecular complexity index is 411. The maximum absolute atomic E-state index is 11.3. The third-order valence-corrected chi connectivity index (χ3v) is 1.34. The fourth-order valence-electron chi connectivity index (χ4n) is 0.779. The first kappa shape index (κ1) is 8.23. The summed E-state index contributed by atoms with van der Waals surface area (Å²) < 4.78 is 0. The molecule has 0 atom stereocenters. The largest absolute Gasteiger partial charge is 0.299 e. The van der Waals surface area contributed by atoms with E-state index in [4.69, 9.17) is 0 Å². The minimum atomic E-state index is -0.509. The molecule has 2 heterocycles. The van der Waals surface area contributed by atoms with Crippen molar-refractivity contribution in [3.8, 4) is 0 Å². The first-order valence-corrected chi connectivity index (χ1v) is 3.68. The number of nitrogens with zero attached hydrogens (tertiary/aromatic N) is 5. The van der Waals surface area contributed by atoms with Gasteiger partial charge in [0, 0.05) is 12.4 Å². The van der Waals surface area contributed by atoms with Crippen LogP contribution < -0.4 is 5.32 Å². The highest BCUT2D eigenvalue weighted by atomic mass is 16.2. The molecule has 0 bridgehead atoms. The minimum absolute atomic E-state index is 0.0579. The van der Waals surface area contributed by atoms with Crippen molar-refractivity contribution in [3.63, 3.8) is 0 Å². The Labute approximate surface area is 77.8 Å². The van der Waals surface area contributed by atoms with Crippen molar-refractivity contribution in [3.05, 3.63) is 24.3 Å². The van der Waals surface area contributed by atoms with Gasteiger partial charge in [-0.05, 0) is 11.3 Å². The fraction of sp³-hybridized carbons (Fsp3) is 0. The quantitative estimate of drug-likeness (QED) is 0.645. The molecule has 0 saturated heterocycles. The van der Waals surface area contributed by atoms with Crippen LogP contribution in [0.3, 0.4) is 0 Å². The molecule has 8 heteroatoms. The van der Waals surface area contributed by atoms with Crippen LogP contribution in [0.2, 0.25) is 0 Å². The van der Waals surface area contributed by atoms with E-state index in [2.05, 4.69) is 35.9 Å². The van der Waals surface area contributed by atoms with Gasteiger partial charge < -0.3 is 0 Å². The first-order valence-electron chi connectivity index (χ1n) is 3.68. The standard InChI is InChI=1S/C6H5N7O/c14-5(4-10-12-13-11-4)9-6-7-2-1-3-8-6/h1-3H,(H,7,8,9,14)(H,10,11,12,13). The van der Waals surface area contributed by atoms with Crippen LogP contribution in [-0.2, 0) is 0 Å². The van der Waals surface area contributed by atoms with E-state index in [1.807, 2.05) is 0 Å². The van der Waals surface area contributed by atoms with E-state index in [9.17, 15) is 4.79 Å². The van der Waals surface area contributed by atoms with Gasteiger partial charge in [0.25, 0.3) is 11.7 Å². The van der Waals surface area contributed by atoms with Crippen LogP contribution >= 0.6 is 0 Å². The molecule has 1 amide bonds. The highest BCUT2D eigenvalue weighted by Crippen LogP contribution is 1.96. The Balaban J connectivity index is 2.10. The third-order valence-electron chi connectivity index (χ3n) is 1.34. The summed E-state index contributed by atoms with van der Waals surface area (Å²) in [6, 6.07) is 1.64. The van der Waals surface area contributed by atoms with Crippen molar-refractivity contribution in [2.45, 2.75) is 0 Å². The van der Waals surface area contributed by atoms with E-state index in [0.29, 0.717) is 0 Å². The molecular weight excluding hydrogens is 186 g/mol. The molecule has 2 rings (SSSR count). The van der Waals surface area contributed by atoms with E-state index in [-0.39, 0.29) is 11.8 Å². The Morgan fingerprint density at radius 3 is 2.79 bits per heavy atom. The van der Waals surface area contributed by atoms with E-state index < -0.39 is 5.91 Å². The Hall–Kier alpha value is -2.38. The highest BCUT2D eigenvalue weighted by molar-refractivity contribution is 6.00. The zero-order valence-electron chi connectivity index (χ0n) is 6.88. The molecule has 14 heavy (non-hydrogen) atoms. The topological polar surface area (TPSA) is 109 Å². The maximum atomic E-state index is 11.3. The number of nitrogens with one attached hydrogen (secondary N) is 2. The maximum Gasteiger partial charge on any atom is 0.299 e. The summed E-state index contributed by atoms with van der Waals surface area (Å²) in [5.41, 5.74) is 0. The van der Waals surface area contributed by atoms with E-state index in [1.165, 1.54) is 12.4 Å². The van der Waals surface area contributed by atoms with Gasteiger partial charge in [-0.15, -0.1) is 10.2 Å². The summed E-state index contributed by atoms with van der Waals surface area (Å²) in [5.74, 6) is -0.371. The van der Waals surface area contributed by atoms with Gasteiger partial charge in [0.1, 0.15) is 0 Å². The SMILES string of the molecule is O=C(Nc1ncccn1)c1nn[nH]n1. The van der Waals surface area contributed by atoms with Crippen molar-refractivity contribution in [1.29, 1.82) is 0 Å². The fourth-order valence-corrected chi connectivity index (χ4v) is 0.779.